The van der Waals surface area contributed by atoms with Crippen LogP contribution in [0.4, 0.5) is 0 Å². The summed E-state index contributed by atoms with van der Waals surface area (Å²) in [6.45, 7) is 1.37. The molecule has 0 fully saturated rings. The van der Waals surface area contributed by atoms with Gasteiger partial charge in [-0.15, -0.1) is 0 Å². The molecule has 3 N–H and O–H groups in total. The molecule has 0 heterocycles. The van der Waals surface area contributed by atoms with E-state index in [0.717, 1.165) is 10.0 Å². The van der Waals surface area contributed by atoms with Crippen molar-refractivity contribution >= 4 is 45.1 Å². The number of hydrogen-bond acceptors (Lipinski definition) is 6. The van der Waals surface area contributed by atoms with Crippen molar-refractivity contribution in [1.29, 1.82) is 0 Å². The monoisotopic (exact) mass is 481 g/mol. The van der Waals surface area contributed by atoms with E-state index in [1.807, 2.05) is 19.1 Å². The summed E-state index contributed by atoms with van der Waals surface area (Å²) in [7, 11) is 1.51. The number of nitrogens with one attached hydrogen (secondary N) is 3. The van der Waals surface area contributed by atoms with Gasteiger partial charge in [-0.3, -0.25) is 25.8 Å². The second-order valence-corrected chi connectivity index (χ2v) is 7.01. The van der Waals surface area contributed by atoms with Gasteiger partial charge in [0.15, 0.2) is 29.8 Å². The average Bonchev–Trinajstić information content (AvgIpc) is 2.70. The minimum absolute atomic E-state index is 0.0770. The molecule has 10 heteroatoms. The molecule has 8 nitrogen and oxygen atoms in total. The van der Waals surface area contributed by atoms with Gasteiger partial charge < -0.3 is 14.2 Å². The van der Waals surface area contributed by atoms with Gasteiger partial charge in [0.05, 0.1) is 7.11 Å². The van der Waals surface area contributed by atoms with Crippen molar-refractivity contribution in [2.45, 2.75) is 6.92 Å². The lowest BCUT2D eigenvalue weighted by Crippen LogP contribution is -2.50. The molecule has 0 spiro atoms. The fourth-order valence-electron chi connectivity index (χ4n) is 2.16. The summed E-state index contributed by atoms with van der Waals surface area (Å²) in [5.41, 5.74) is 5.65. The van der Waals surface area contributed by atoms with Crippen molar-refractivity contribution in [3.8, 4) is 17.2 Å². The van der Waals surface area contributed by atoms with Crippen LogP contribution in [0.15, 0.2) is 46.9 Å². The smallest absolute Gasteiger partial charge is 0.276 e. The molecular formula is C19H20BrN3O5S. The second-order valence-electron chi connectivity index (χ2n) is 5.69. The molecule has 0 radical (unpaired) electrons. The van der Waals surface area contributed by atoms with E-state index < -0.39 is 11.8 Å². The number of amides is 2. The summed E-state index contributed by atoms with van der Waals surface area (Å²) in [6, 6.07) is 12.4. The van der Waals surface area contributed by atoms with Crippen molar-refractivity contribution in [1.82, 2.24) is 16.2 Å². The molecule has 0 aliphatic rings. The van der Waals surface area contributed by atoms with Crippen LogP contribution >= 0.6 is 28.1 Å². The van der Waals surface area contributed by atoms with Crippen LogP contribution in [0.5, 0.6) is 17.2 Å². The van der Waals surface area contributed by atoms with Gasteiger partial charge in [-0.05, 0) is 55.0 Å². The predicted octanol–water partition coefficient (Wildman–Crippen LogP) is 2.25. The molecule has 0 unspecified atom stereocenters. The number of para-hydroxylation sites is 2. The first-order valence-electron chi connectivity index (χ1n) is 8.42. The largest absolute Gasteiger partial charge is 0.493 e. The maximum atomic E-state index is 11.9. The van der Waals surface area contributed by atoms with Crippen LogP contribution in [0.1, 0.15) is 5.56 Å². The van der Waals surface area contributed by atoms with Crippen LogP contribution in [0, 0.1) is 6.92 Å². The third-order valence-electron chi connectivity index (χ3n) is 3.49. The van der Waals surface area contributed by atoms with E-state index in [0.29, 0.717) is 17.2 Å². The molecule has 0 atom stereocenters. The summed E-state index contributed by atoms with van der Waals surface area (Å²) in [5, 5.41) is 2.31. The van der Waals surface area contributed by atoms with Gasteiger partial charge >= 0.3 is 0 Å². The van der Waals surface area contributed by atoms with Crippen molar-refractivity contribution in [2.75, 3.05) is 20.3 Å². The Kier molecular flexibility index (Phi) is 8.68. The van der Waals surface area contributed by atoms with E-state index in [9.17, 15) is 9.59 Å². The highest BCUT2D eigenvalue weighted by atomic mass is 79.9. The molecule has 2 rings (SSSR count). The zero-order valence-corrected chi connectivity index (χ0v) is 18.2. The minimum Gasteiger partial charge on any atom is -0.493 e. The lowest BCUT2D eigenvalue weighted by Gasteiger charge is -2.13. The molecule has 29 heavy (non-hydrogen) atoms. The zero-order valence-electron chi connectivity index (χ0n) is 15.8. The van der Waals surface area contributed by atoms with Crippen molar-refractivity contribution in [3.63, 3.8) is 0 Å². The Morgan fingerprint density at radius 1 is 0.966 bits per heavy atom. The molecule has 2 aromatic carbocycles. The van der Waals surface area contributed by atoms with Gasteiger partial charge in [-0.25, -0.2) is 0 Å². The van der Waals surface area contributed by atoms with E-state index in [1.54, 1.807) is 30.3 Å². The topological polar surface area (TPSA) is 97.9 Å². The van der Waals surface area contributed by atoms with Crippen molar-refractivity contribution in [3.05, 3.63) is 52.5 Å². The summed E-state index contributed by atoms with van der Waals surface area (Å²) in [4.78, 5) is 23.7. The molecule has 0 aliphatic heterocycles. The number of carbonyl (C=O) groups is 2. The molecule has 0 aliphatic carbocycles. The Bertz CT molecular complexity index is 894. The number of ether oxygens (including phenoxy) is 3. The van der Waals surface area contributed by atoms with Crippen molar-refractivity contribution in [2.24, 2.45) is 0 Å². The normalized spacial score (nSPS) is 9.90. The fourth-order valence-corrected chi connectivity index (χ4v) is 2.80. The molecule has 0 aromatic heterocycles. The molecule has 2 amide bonds. The van der Waals surface area contributed by atoms with Crippen LogP contribution in [-0.4, -0.2) is 37.3 Å². The standard InChI is InChI=1S/C19H20BrN3O5S/c1-12-9-13(20)7-8-14(12)27-11-18(25)22-23-19(29)21-17(24)10-28-16-6-4-3-5-15(16)26-2/h3-9H,10-11H2,1-2H3,(H,22,25)(H2,21,23,24,29). The summed E-state index contributed by atoms with van der Waals surface area (Å²) >= 11 is 8.32. The highest BCUT2D eigenvalue weighted by Gasteiger charge is 2.10. The van der Waals surface area contributed by atoms with Gasteiger partial charge in [0.2, 0.25) is 0 Å². The van der Waals surface area contributed by atoms with Gasteiger partial charge in [0.1, 0.15) is 5.75 Å². The number of halogens is 1. The Morgan fingerprint density at radius 2 is 1.62 bits per heavy atom. The number of rotatable bonds is 7. The Balaban J connectivity index is 1.69. The highest BCUT2D eigenvalue weighted by Crippen LogP contribution is 2.25. The zero-order chi connectivity index (χ0) is 21.2. The van der Waals surface area contributed by atoms with E-state index in [-0.39, 0.29) is 18.3 Å². The highest BCUT2D eigenvalue weighted by molar-refractivity contribution is 9.10. The Morgan fingerprint density at radius 3 is 2.31 bits per heavy atom. The number of benzene rings is 2. The maximum absolute atomic E-state index is 11.9. The van der Waals surface area contributed by atoms with E-state index >= 15 is 0 Å². The first-order chi connectivity index (χ1) is 13.9. The molecule has 154 valence electrons. The fraction of sp³-hybridized carbons (Fsp3) is 0.211. The molecule has 0 bridgehead atoms. The number of hydrazine groups is 1. The first-order valence-corrected chi connectivity index (χ1v) is 9.62. The predicted molar refractivity (Wildman–Crippen MR) is 115 cm³/mol. The molecule has 0 saturated carbocycles. The number of aryl methyl sites for hydroxylation is 1. The second kappa shape index (κ2) is 11.2. The number of carbonyl (C=O) groups excluding carboxylic acids is 2. The van der Waals surface area contributed by atoms with Gasteiger partial charge in [-0.1, -0.05) is 28.1 Å². The Labute approximate surface area is 182 Å². The molecule has 0 saturated heterocycles. The first kappa shape index (κ1) is 22.4. The minimum atomic E-state index is -0.496. The summed E-state index contributed by atoms with van der Waals surface area (Å²) in [5.74, 6) is 0.568. The lowest BCUT2D eigenvalue weighted by atomic mass is 10.2. The lowest BCUT2D eigenvalue weighted by molar-refractivity contribution is -0.124. The third-order valence-corrected chi connectivity index (χ3v) is 4.19. The molecule has 2 aromatic rings. The SMILES string of the molecule is COc1ccccc1OCC(=O)NC(=S)NNC(=O)COc1ccc(Br)cc1C. The average molecular weight is 482 g/mol. The van der Waals surface area contributed by atoms with Crippen LogP contribution in [0.25, 0.3) is 0 Å². The Hall–Kier alpha value is -2.85. The molecular weight excluding hydrogens is 462 g/mol. The van der Waals surface area contributed by atoms with Crippen LogP contribution < -0.4 is 30.4 Å². The quantitative estimate of drug-likeness (QED) is 0.412. The van der Waals surface area contributed by atoms with Gasteiger partial charge in [0.25, 0.3) is 11.8 Å². The summed E-state index contributed by atoms with van der Waals surface area (Å²) < 4.78 is 16.9. The summed E-state index contributed by atoms with van der Waals surface area (Å²) in [6.07, 6.45) is 0. The maximum Gasteiger partial charge on any atom is 0.276 e. The van der Waals surface area contributed by atoms with Gasteiger partial charge in [-0.2, -0.15) is 0 Å². The van der Waals surface area contributed by atoms with Gasteiger partial charge in [0, 0.05) is 4.47 Å². The van der Waals surface area contributed by atoms with E-state index in [2.05, 4.69) is 32.1 Å². The number of thiocarbonyl (C=S) groups is 1. The van der Waals surface area contributed by atoms with Crippen molar-refractivity contribution < 1.29 is 23.8 Å². The number of methoxy groups -OCH3 is 1. The third kappa shape index (κ3) is 7.59. The van der Waals surface area contributed by atoms with E-state index in [1.165, 1.54) is 7.11 Å². The van der Waals surface area contributed by atoms with Crippen LogP contribution in [0.2, 0.25) is 0 Å². The van der Waals surface area contributed by atoms with Crippen LogP contribution in [0.3, 0.4) is 0 Å². The van der Waals surface area contributed by atoms with E-state index in [4.69, 9.17) is 26.4 Å². The van der Waals surface area contributed by atoms with Crippen LogP contribution in [-0.2, 0) is 9.59 Å². The number of hydrogen-bond donors (Lipinski definition) is 3.